The summed E-state index contributed by atoms with van der Waals surface area (Å²) in [5.41, 5.74) is 2.18. The molecule has 0 N–H and O–H groups in total. The van der Waals surface area contributed by atoms with Gasteiger partial charge in [0.1, 0.15) is 6.07 Å². The molecule has 0 unspecified atom stereocenters. The van der Waals surface area contributed by atoms with Gasteiger partial charge >= 0.3 is 0 Å². The van der Waals surface area contributed by atoms with Crippen molar-refractivity contribution in [3.63, 3.8) is 0 Å². The first-order chi connectivity index (χ1) is 10.7. The van der Waals surface area contributed by atoms with E-state index in [0.29, 0.717) is 5.56 Å². The van der Waals surface area contributed by atoms with Gasteiger partial charge in [0.2, 0.25) is 0 Å². The van der Waals surface area contributed by atoms with E-state index in [0.717, 1.165) is 16.6 Å². The van der Waals surface area contributed by atoms with Gasteiger partial charge < -0.3 is 14.5 Å². The zero-order valence-corrected chi connectivity index (χ0v) is 11.6. The third-order valence-corrected chi connectivity index (χ3v) is 3.42. The Hall–Kier alpha value is -3.32. The quantitative estimate of drug-likeness (QED) is 0.548. The van der Waals surface area contributed by atoms with Crippen molar-refractivity contribution in [1.82, 2.24) is 4.57 Å². The molecule has 3 rings (SSSR count). The molecule has 1 heterocycles. The molecule has 4 heteroatoms. The minimum atomic E-state index is -1.47. The van der Waals surface area contributed by atoms with Crippen LogP contribution in [0.2, 0.25) is 0 Å². The number of benzene rings is 2. The number of rotatable bonds is 3. The smallest absolute Gasteiger partial charge is 0.101 e. The highest BCUT2D eigenvalue weighted by Crippen LogP contribution is 2.26. The van der Waals surface area contributed by atoms with E-state index in [-0.39, 0.29) is 0 Å². The summed E-state index contributed by atoms with van der Waals surface area (Å²) in [6.45, 7) is 0. The number of aliphatic carboxylic acids is 1. The molecule has 0 amide bonds. The first-order valence-electron chi connectivity index (χ1n) is 6.69. The minimum absolute atomic E-state index is 0.393. The zero-order chi connectivity index (χ0) is 15.5. The van der Waals surface area contributed by atoms with Crippen LogP contribution in [-0.4, -0.2) is 10.5 Å². The fourth-order valence-corrected chi connectivity index (χ4v) is 2.42. The summed E-state index contributed by atoms with van der Waals surface area (Å²) >= 11 is 0. The average molecular weight is 287 g/mol. The number of hydrogen-bond acceptors (Lipinski definition) is 3. The number of nitrogens with zero attached hydrogens (tertiary/aromatic N) is 2. The topological polar surface area (TPSA) is 68.8 Å². The fourth-order valence-electron chi connectivity index (χ4n) is 2.42. The largest absolute Gasteiger partial charge is 0.544 e. The summed E-state index contributed by atoms with van der Waals surface area (Å²) in [5.74, 6) is -1.47. The van der Waals surface area contributed by atoms with Gasteiger partial charge in [-0.05, 0) is 24.3 Å². The standard InChI is InChI=1S/C18H12N2O2/c19-11-13(18(21)22)10-14-12-20(15-6-2-1-3-7-15)17-9-5-4-8-16(14)17/h1-10,12H,(H,21,22)/p-1/b13-10+. The van der Waals surface area contributed by atoms with E-state index < -0.39 is 11.5 Å². The number of carboxylic acids is 1. The van der Waals surface area contributed by atoms with E-state index >= 15 is 0 Å². The van der Waals surface area contributed by atoms with Gasteiger partial charge in [-0.1, -0.05) is 36.4 Å². The molecule has 0 bridgehead atoms. The van der Waals surface area contributed by atoms with Gasteiger partial charge in [0, 0.05) is 22.8 Å². The van der Waals surface area contributed by atoms with Crippen molar-refractivity contribution >= 4 is 22.9 Å². The van der Waals surface area contributed by atoms with E-state index in [2.05, 4.69) is 0 Å². The van der Waals surface area contributed by atoms with Crippen LogP contribution in [0, 0.1) is 11.3 Å². The third-order valence-electron chi connectivity index (χ3n) is 3.42. The molecule has 106 valence electrons. The number of carbonyl (C=O) groups is 1. The maximum atomic E-state index is 10.9. The number of para-hydroxylation sites is 2. The lowest BCUT2D eigenvalue weighted by molar-refractivity contribution is -0.298. The van der Waals surface area contributed by atoms with Crippen LogP contribution >= 0.6 is 0 Å². The predicted molar refractivity (Wildman–Crippen MR) is 81.9 cm³/mol. The summed E-state index contributed by atoms with van der Waals surface area (Å²) in [4.78, 5) is 10.9. The van der Waals surface area contributed by atoms with Gasteiger partial charge in [-0.25, -0.2) is 0 Å². The van der Waals surface area contributed by atoms with E-state index in [4.69, 9.17) is 5.26 Å². The lowest BCUT2D eigenvalue weighted by Crippen LogP contribution is -2.23. The van der Waals surface area contributed by atoms with Crippen LogP contribution in [-0.2, 0) is 4.79 Å². The highest BCUT2D eigenvalue weighted by molar-refractivity contribution is 5.99. The lowest BCUT2D eigenvalue weighted by Gasteiger charge is -2.04. The molecule has 0 fully saturated rings. The van der Waals surface area contributed by atoms with Crippen LogP contribution in [0.3, 0.4) is 0 Å². The Morgan fingerprint density at radius 2 is 1.77 bits per heavy atom. The molecule has 1 aromatic heterocycles. The molecular formula is C18H11N2O2-. The Balaban J connectivity index is 2.26. The Bertz CT molecular complexity index is 915. The van der Waals surface area contributed by atoms with Crippen molar-refractivity contribution in [2.45, 2.75) is 0 Å². The molecule has 22 heavy (non-hydrogen) atoms. The Morgan fingerprint density at radius 3 is 2.45 bits per heavy atom. The molecule has 0 atom stereocenters. The number of carbonyl (C=O) groups excluding carboxylic acids is 1. The number of carboxylic acid groups (broad SMARTS) is 1. The van der Waals surface area contributed by atoms with E-state index in [1.807, 2.05) is 65.4 Å². The van der Waals surface area contributed by atoms with Crippen LogP contribution in [0.5, 0.6) is 0 Å². The van der Waals surface area contributed by atoms with Crippen LogP contribution in [0.4, 0.5) is 0 Å². The second-order valence-corrected chi connectivity index (χ2v) is 4.76. The fraction of sp³-hybridized carbons (Fsp3) is 0. The SMILES string of the molecule is N#C/C(=C\c1cn(-c2ccccc2)c2ccccc12)C(=O)[O-]. The first kappa shape index (κ1) is 13.7. The Kier molecular flexibility index (Phi) is 3.47. The van der Waals surface area contributed by atoms with Gasteiger partial charge in [-0.15, -0.1) is 0 Å². The van der Waals surface area contributed by atoms with Gasteiger partial charge in [0.25, 0.3) is 0 Å². The highest BCUT2D eigenvalue weighted by atomic mass is 16.4. The van der Waals surface area contributed by atoms with Crippen molar-refractivity contribution in [2.75, 3.05) is 0 Å². The summed E-state index contributed by atoms with van der Waals surface area (Å²) < 4.78 is 1.96. The monoisotopic (exact) mass is 287 g/mol. The molecule has 0 spiro atoms. The van der Waals surface area contributed by atoms with Crippen molar-refractivity contribution in [1.29, 1.82) is 5.26 Å². The van der Waals surface area contributed by atoms with Crippen LogP contribution in [0.25, 0.3) is 22.7 Å². The Morgan fingerprint density at radius 1 is 1.09 bits per heavy atom. The third kappa shape index (κ3) is 2.36. The van der Waals surface area contributed by atoms with Crippen molar-refractivity contribution in [3.8, 4) is 11.8 Å². The molecule has 0 saturated heterocycles. The number of aromatic nitrogens is 1. The van der Waals surface area contributed by atoms with Crippen molar-refractivity contribution < 1.29 is 9.90 Å². The maximum Gasteiger partial charge on any atom is 0.101 e. The van der Waals surface area contributed by atoms with Crippen molar-refractivity contribution in [2.24, 2.45) is 0 Å². The zero-order valence-electron chi connectivity index (χ0n) is 11.6. The van der Waals surface area contributed by atoms with Crippen LogP contribution < -0.4 is 5.11 Å². The van der Waals surface area contributed by atoms with E-state index in [1.165, 1.54) is 6.08 Å². The molecule has 2 aromatic carbocycles. The molecular weight excluding hydrogens is 276 g/mol. The molecule has 0 aliphatic carbocycles. The highest BCUT2D eigenvalue weighted by Gasteiger charge is 2.09. The second kappa shape index (κ2) is 5.58. The predicted octanol–water partition coefficient (Wildman–Crippen LogP) is 2.29. The molecule has 4 nitrogen and oxygen atoms in total. The van der Waals surface area contributed by atoms with Gasteiger partial charge in [0.15, 0.2) is 0 Å². The Labute approximate surface area is 127 Å². The molecule has 0 aliphatic heterocycles. The van der Waals surface area contributed by atoms with Crippen molar-refractivity contribution in [3.05, 3.63) is 71.9 Å². The average Bonchev–Trinajstić information content (AvgIpc) is 2.92. The number of fused-ring (bicyclic) bond motifs is 1. The summed E-state index contributed by atoms with van der Waals surface area (Å²) in [6.07, 6.45) is 3.16. The van der Waals surface area contributed by atoms with Crippen LogP contribution in [0.15, 0.2) is 66.4 Å². The summed E-state index contributed by atoms with van der Waals surface area (Å²) in [7, 11) is 0. The van der Waals surface area contributed by atoms with Gasteiger partial charge in [0.05, 0.1) is 17.1 Å². The maximum absolute atomic E-state index is 10.9. The number of nitriles is 1. The van der Waals surface area contributed by atoms with Gasteiger partial charge in [-0.3, -0.25) is 0 Å². The summed E-state index contributed by atoms with van der Waals surface area (Å²) in [5, 5.41) is 20.7. The van der Waals surface area contributed by atoms with E-state index in [1.54, 1.807) is 6.07 Å². The van der Waals surface area contributed by atoms with Gasteiger partial charge in [-0.2, -0.15) is 5.26 Å². The number of hydrogen-bond donors (Lipinski definition) is 0. The molecule has 3 aromatic rings. The lowest BCUT2D eigenvalue weighted by atomic mass is 10.1. The summed E-state index contributed by atoms with van der Waals surface area (Å²) in [6, 6.07) is 19.0. The molecule has 0 radical (unpaired) electrons. The minimum Gasteiger partial charge on any atom is -0.544 e. The normalized spacial score (nSPS) is 11.3. The first-order valence-corrected chi connectivity index (χ1v) is 6.69. The molecule has 0 saturated carbocycles. The van der Waals surface area contributed by atoms with Crippen LogP contribution in [0.1, 0.15) is 5.56 Å². The van der Waals surface area contributed by atoms with E-state index in [9.17, 15) is 9.90 Å². The second-order valence-electron chi connectivity index (χ2n) is 4.76. The molecule has 0 aliphatic rings.